The first-order chi connectivity index (χ1) is 25.1. The first-order valence-corrected chi connectivity index (χ1v) is 20.9. The third kappa shape index (κ3) is 11.3. The highest BCUT2D eigenvalue weighted by Crippen LogP contribution is 2.38. The van der Waals surface area contributed by atoms with Crippen LogP contribution in [0.3, 0.4) is 0 Å². The van der Waals surface area contributed by atoms with Crippen LogP contribution < -0.4 is 0 Å². The second kappa shape index (κ2) is 19.8. The number of unbranched alkanes of at least 4 members (excludes halogenated alkanes) is 2. The van der Waals surface area contributed by atoms with Crippen LogP contribution >= 0.6 is 0 Å². The number of hydrogen-bond acceptors (Lipinski definition) is 6. The average molecular weight is 717 g/mol. The molecule has 2 aliphatic heterocycles. The topological polar surface area (TPSA) is 71.1 Å². The summed E-state index contributed by atoms with van der Waals surface area (Å²) in [6.45, 7) is 15.9. The number of hydrogen-bond donors (Lipinski definition) is 0. The highest BCUT2D eigenvalue weighted by atomic mass is 16.7. The summed E-state index contributed by atoms with van der Waals surface area (Å²) in [6, 6.07) is 10.8. The number of carbonyl (C=O) groups is 2. The van der Waals surface area contributed by atoms with Gasteiger partial charge in [0.05, 0.1) is 31.8 Å². The zero-order valence-corrected chi connectivity index (χ0v) is 33.3. The van der Waals surface area contributed by atoms with Crippen molar-refractivity contribution in [1.29, 1.82) is 0 Å². The van der Waals surface area contributed by atoms with Crippen LogP contribution in [0.15, 0.2) is 36.4 Å². The van der Waals surface area contributed by atoms with Crippen molar-refractivity contribution in [3.05, 3.63) is 69.8 Å². The molecule has 4 fully saturated rings. The molecule has 2 saturated carbocycles. The second-order valence-corrected chi connectivity index (χ2v) is 17.1. The smallest absolute Gasteiger partial charge is 0.194 e. The number of ether oxygens (including phenoxy) is 4. The van der Waals surface area contributed by atoms with E-state index in [0.717, 1.165) is 60.5 Å². The van der Waals surface area contributed by atoms with Gasteiger partial charge in [-0.15, -0.1) is 0 Å². The number of carbonyl (C=O) groups excluding carboxylic acids is 2. The number of rotatable bonds is 8. The van der Waals surface area contributed by atoms with E-state index in [1.807, 2.05) is 26.0 Å². The molecule has 288 valence electrons. The van der Waals surface area contributed by atoms with Crippen molar-refractivity contribution in [2.45, 2.75) is 150 Å². The Morgan fingerprint density at radius 2 is 0.923 bits per heavy atom. The molecule has 7 rings (SSSR count). The molecule has 1 spiro atoms. The highest BCUT2D eigenvalue weighted by molar-refractivity contribution is 6.28. The molecule has 2 heterocycles. The van der Waals surface area contributed by atoms with Crippen molar-refractivity contribution in [1.82, 2.24) is 0 Å². The Labute approximate surface area is 315 Å². The van der Waals surface area contributed by atoms with Crippen molar-refractivity contribution < 1.29 is 28.5 Å². The van der Waals surface area contributed by atoms with Gasteiger partial charge in [0, 0.05) is 22.3 Å². The van der Waals surface area contributed by atoms with Crippen LogP contribution in [0.25, 0.3) is 0 Å². The summed E-state index contributed by atoms with van der Waals surface area (Å²) in [5, 5.41) is 0. The SMILES string of the molecule is CC1CCC(CC2CCC(C)CC2)CC1.CCCCC1OCC2(CO1)COC(CCCC)OC2.Cc1ccc2c(c1)C(=O)c1ccc(C)cc1C2=O. The lowest BCUT2D eigenvalue weighted by molar-refractivity contribution is -0.304. The summed E-state index contributed by atoms with van der Waals surface area (Å²) >= 11 is 0. The monoisotopic (exact) mass is 717 g/mol. The normalized spacial score (nSPS) is 30.0. The third-order valence-electron chi connectivity index (χ3n) is 12.2. The van der Waals surface area contributed by atoms with Gasteiger partial charge in [-0.25, -0.2) is 0 Å². The largest absolute Gasteiger partial charge is 0.352 e. The van der Waals surface area contributed by atoms with E-state index in [0.29, 0.717) is 48.7 Å². The van der Waals surface area contributed by atoms with Crippen molar-refractivity contribution in [2.75, 3.05) is 26.4 Å². The quantitative estimate of drug-likeness (QED) is 0.231. The molecule has 2 saturated heterocycles. The molecule has 0 amide bonds. The van der Waals surface area contributed by atoms with E-state index in [4.69, 9.17) is 18.9 Å². The van der Waals surface area contributed by atoms with Crippen LogP contribution in [-0.4, -0.2) is 50.6 Å². The maximum atomic E-state index is 12.4. The number of aryl methyl sites for hydroxylation is 2. The maximum absolute atomic E-state index is 12.4. The standard InChI is InChI=1S/C16H12O2.C15H28O4.C15H28/c1-9-3-5-11-13(7-9)15(17)12-6-4-10(2)8-14(12)16(11)18;1-3-5-7-13-16-9-15(10-17-13)11-18-14(19-12-15)8-6-4-2;1-12-3-7-14(8-4-12)11-15-9-5-13(2)6-10-15/h3-8H,1-2H3;13-14H,3-12H2,1-2H3;12-15H,3-11H2,1-2H3. The Morgan fingerprint density at radius 3 is 1.27 bits per heavy atom. The summed E-state index contributed by atoms with van der Waals surface area (Å²) in [4.78, 5) is 24.7. The molecule has 0 aromatic heterocycles. The Bertz CT molecular complexity index is 1310. The molecule has 5 aliphatic rings. The molecule has 0 atom stereocenters. The molecular weight excluding hydrogens is 649 g/mol. The lowest BCUT2D eigenvalue weighted by Crippen LogP contribution is -2.52. The minimum Gasteiger partial charge on any atom is -0.352 e. The van der Waals surface area contributed by atoms with E-state index in [1.165, 1.54) is 64.2 Å². The second-order valence-electron chi connectivity index (χ2n) is 17.1. The van der Waals surface area contributed by atoms with Crippen LogP contribution in [0, 0.1) is 42.9 Å². The fourth-order valence-corrected chi connectivity index (χ4v) is 8.48. The minimum atomic E-state index is -0.0779. The molecule has 2 aromatic rings. The minimum absolute atomic E-state index is 0.0246. The lowest BCUT2D eigenvalue weighted by atomic mass is 9.74. The Hall–Kier alpha value is -2.38. The van der Waals surface area contributed by atoms with Crippen molar-refractivity contribution in [3.63, 3.8) is 0 Å². The predicted octanol–water partition coefficient (Wildman–Crippen LogP) is 11.2. The number of ketones is 2. The van der Waals surface area contributed by atoms with Gasteiger partial charge in [0.1, 0.15) is 0 Å². The maximum Gasteiger partial charge on any atom is 0.194 e. The van der Waals surface area contributed by atoms with Gasteiger partial charge in [-0.1, -0.05) is 127 Å². The molecular formula is C46H68O6. The number of fused-ring (bicyclic) bond motifs is 2. The van der Waals surface area contributed by atoms with Crippen molar-refractivity contribution in [2.24, 2.45) is 29.1 Å². The van der Waals surface area contributed by atoms with Gasteiger partial charge in [-0.05, 0) is 81.8 Å². The van der Waals surface area contributed by atoms with Gasteiger partial charge >= 0.3 is 0 Å². The summed E-state index contributed by atoms with van der Waals surface area (Å²) in [5.41, 5.74) is 3.99. The zero-order valence-electron chi connectivity index (χ0n) is 33.3. The fraction of sp³-hybridized carbons (Fsp3) is 0.696. The van der Waals surface area contributed by atoms with E-state index in [-0.39, 0.29) is 29.6 Å². The molecule has 2 aromatic carbocycles. The summed E-state index contributed by atoms with van der Waals surface area (Å²) in [7, 11) is 0. The van der Waals surface area contributed by atoms with Crippen LogP contribution in [0.5, 0.6) is 0 Å². The van der Waals surface area contributed by atoms with Gasteiger partial charge in [-0.2, -0.15) is 0 Å². The Morgan fingerprint density at radius 1 is 0.558 bits per heavy atom. The molecule has 52 heavy (non-hydrogen) atoms. The number of benzene rings is 2. The summed E-state index contributed by atoms with van der Waals surface area (Å²) < 4.78 is 23.2. The van der Waals surface area contributed by atoms with Crippen LogP contribution in [0.4, 0.5) is 0 Å². The summed E-state index contributed by atoms with van der Waals surface area (Å²) in [5.74, 6) is 4.13. The molecule has 6 nitrogen and oxygen atoms in total. The highest BCUT2D eigenvalue weighted by Gasteiger charge is 2.41. The molecule has 0 bridgehead atoms. The Kier molecular flexibility index (Phi) is 15.5. The molecule has 3 aliphatic carbocycles. The van der Waals surface area contributed by atoms with Gasteiger partial charge in [0.2, 0.25) is 0 Å². The van der Waals surface area contributed by atoms with E-state index in [2.05, 4.69) is 27.7 Å². The van der Waals surface area contributed by atoms with E-state index >= 15 is 0 Å². The predicted molar refractivity (Wildman–Crippen MR) is 209 cm³/mol. The van der Waals surface area contributed by atoms with E-state index in [1.54, 1.807) is 30.7 Å². The van der Waals surface area contributed by atoms with Gasteiger partial charge in [0.25, 0.3) is 0 Å². The van der Waals surface area contributed by atoms with E-state index < -0.39 is 0 Å². The lowest BCUT2D eigenvalue weighted by Gasteiger charge is -2.43. The van der Waals surface area contributed by atoms with Gasteiger partial charge in [-0.3, -0.25) is 9.59 Å². The Balaban J connectivity index is 0.000000152. The fourth-order valence-electron chi connectivity index (χ4n) is 8.48. The van der Waals surface area contributed by atoms with Crippen LogP contribution in [0.1, 0.15) is 167 Å². The molecule has 0 N–H and O–H groups in total. The van der Waals surface area contributed by atoms with Crippen LogP contribution in [0.2, 0.25) is 0 Å². The molecule has 6 heteroatoms. The van der Waals surface area contributed by atoms with Crippen LogP contribution in [-0.2, 0) is 18.9 Å². The first kappa shape index (κ1) is 40.8. The van der Waals surface area contributed by atoms with Crippen molar-refractivity contribution in [3.8, 4) is 0 Å². The molecule has 0 radical (unpaired) electrons. The van der Waals surface area contributed by atoms with Gasteiger partial charge < -0.3 is 18.9 Å². The van der Waals surface area contributed by atoms with Gasteiger partial charge in [0.15, 0.2) is 24.1 Å². The average Bonchev–Trinajstić information content (AvgIpc) is 3.16. The third-order valence-corrected chi connectivity index (χ3v) is 12.2. The molecule has 0 unspecified atom stereocenters. The van der Waals surface area contributed by atoms with E-state index in [9.17, 15) is 9.59 Å². The van der Waals surface area contributed by atoms with Crippen molar-refractivity contribution >= 4 is 11.6 Å². The zero-order chi connectivity index (χ0) is 37.1. The summed E-state index contributed by atoms with van der Waals surface area (Å²) in [6.07, 6.45) is 20.4. The first-order valence-electron chi connectivity index (χ1n) is 20.9.